The van der Waals surface area contributed by atoms with Crippen molar-refractivity contribution in [1.82, 2.24) is 23.4 Å². The largest absolute Gasteiger partial charge is 0.496 e. The van der Waals surface area contributed by atoms with E-state index in [-0.39, 0.29) is 42.9 Å². The normalized spacial score (nSPS) is 28.8. The van der Waals surface area contributed by atoms with Crippen molar-refractivity contribution >= 4 is 32.9 Å². The van der Waals surface area contributed by atoms with Gasteiger partial charge in [-0.05, 0) is 73.1 Å². The van der Waals surface area contributed by atoms with Crippen LogP contribution in [-0.2, 0) is 31.1 Å². The number of aromatic nitrogens is 1. The number of nitrogens with one attached hydrogen (secondary N) is 1. The van der Waals surface area contributed by atoms with Crippen LogP contribution >= 0.6 is 0 Å². The molecule has 3 aliphatic carbocycles. The van der Waals surface area contributed by atoms with Crippen molar-refractivity contribution in [2.75, 3.05) is 53.6 Å². The van der Waals surface area contributed by atoms with E-state index in [9.17, 15) is 18.0 Å². The van der Waals surface area contributed by atoms with Crippen molar-refractivity contribution in [3.63, 3.8) is 0 Å². The number of ether oxygens (including phenoxy) is 2. The van der Waals surface area contributed by atoms with E-state index in [1.54, 1.807) is 7.11 Å². The maximum atomic E-state index is 14.7. The van der Waals surface area contributed by atoms with E-state index in [2.05, 4.69) is 56.5 Å². The number of likely N-dealkylation sites (N-methyl/N-ethyl adjacent to an activating group) is 1. The van der Waals surface area contributed by atoms with Crippen LogP contribution in [0.2, 0.25) is 0 Å². The number of hydrogen-bond donors (Lipinski definition) is 1. The Morgan fingerprint density at radius 3 is 2.53 bits per heavy atom. The lowest BCUT2D eigenvalue weighted by atomic mass is 9.74. The molecule has 0 radical (unpaired) electrons. The minimum Gasteiger partial charge on any atom is -0.496 e. The third kappa shape index (κ3) is 5.04. The number of nitrogens with zero attached hydrogens (tertiary/aromatic N) is 4. The standard InChI is InChI=1S/C37H45N5O6S/c1-39-19-23-17-24(20-39)42(23)37(44)27-10-6-9-26-32(27)30-18-28-31(47-2)12-11-25(22-7-4-3-5-8-22)35(28)41(30)21-29-33(26)34(29)36(43)38-49(45,46)40-13-15-48-16-14-40/h6,9,11-12,18,22-24,27,32H,3-5,7-8,10,13-17,19-21H2,1-2H3,(H,38,43)/t23?,24?,27-,32?/m1/s1. The monoisotopic (exact) mass is 687 g/mol. The second-order valence-electron chi connectivity index (χ2n) is 15.0. The third-order valence-corrected chi connectivity index (χ3v) is 13.7. The number of carbonyl (C=O) groups excluding carboxylic acids is 2. The van der Waals surface area contributed by atoms with Crippen LogP contribution in [0, 0.1) is 5.92 Å². The first-order valence-corrected chi connectivity index (χ1v) is 19.4. The van der Waals surface area contributed by atoms with Gasteiger partial charge in [0.2, 0.25) is 5.91 Å². The molecule has 2 bridgehead atoms. The number of methoxy groups -OCH3 is 1. The fourth-order valence-electron chi connectivity index (χ4n) is 9.90. The zero-order chi connectivity index (χ0) is 33.6. The van der Waals surface area contributed by atoms with Gasteiger partial charge in [-0.2, -0.15) is 12.7 Å². The fourth-order valence-corrected chi connectivity index (χ4v) is 11.0. The summed E-state index contributed by atoms with van der Waals surface area (Å²) in [5.41, 5.74) is 6.53. The van der Waals surface area contributed by atoms with Gasteiger partial charge in [0.15, 0.2) is 0 Å². The minimum absolute atomic E-state index is 0.183. The highest BCUT2D eigenvalue weighted by Gasteiger charge is 2.52. The Kier molecular flexibility index (Phi) is 7.60. The van der Waals surface area contributed by atoms with Crippen LogP contribution in [0.25, 0.3) is 10.9 Å². The number of allylic oxidation sites excluding steroid dienone is 4. The van der Waals surface area contributed by atoms with Crippen molar-refractivity contribution in [3.8, 4) is 5.75 Å². The number of piperidine rings is 1. The summed E-state index contributed by atoms with van der Waals surface area (Å²) in [6.07, 6.45) is 11.7. The Morgan fingerprint density at radius 1 is 1.04 bits per heavy atom. The molecular weight excluding hydrogens is 643 g/mol. The number of benzene rings is 1. The van der Waals surface area contributed by atoms with Crippen LogP contribution in [0.15, 0.2) is 52.6 Å². The van der Waals surface area contributed by atoms with Crippen molar-refractivity contribution in [3.05, 3.63) is 63.9 Å². The number of rotatable bonds is 6. The highest BCUT2D eigenvalue weighted by Crippen LogP contribution is 2.56. The van der Waals surface area contributed by atoms with Crippen molar-refractivity contribution in [1.29, 1.82) is 0 Å². The second-order valence-corrected chi connectivity index (χ2v) is 16.6. The van der Waals surface area contributed by atoms with E-state index in [1.165, 1.54) is 29.1 Å². The first kappa shape index (κ1) is 31.5. The Balaban J connectivity index is 1.17. The lowest BCUT2D eigenvalue weighted by Crippen LogP contribution is -2.70. The summed E-state index contributed by atoms with van der Waals surface area (Å²) < 4.78 is 43.9. The van der Waals surface area contributed by atoms with E-state index in [4.69, 9.17) is 9.47 Å². The summed E-state index contributed by atoms with van der Waals surface area (Å²) in [6.45, 7) is 3.22. The van der Waals surface area contributed by atoms with Gasteiger partial charge in [0.25, 0.3) is 5.91 Å². The second kappa shape index (κ2) is 11.8. The van der Waals surface area contributed by atoms with Gasteiger partial charge in [-0.15, -0.1) is 0 Å². The summed E-state index contributed by atoms with van der Waals surface area (Å²) in [4.78, 5) is 33.0. The molecule has 9 rings (SSSR count). The topological polar surface area (TPSA) is 113 Å². The van der Waals surface area contributed by atoms with Gasteiger partial charge in [-0.3, -0.25) is 9.59 Å². The summed E-state index contributed by atoms with van der Waals surface area (Å²) in [6, 6.07) is 7.00. The number of fused-ring (bicyclic) bond motifs is 8. The molecule has 1 aromatic heterocycles. The van der Waals surface area contributed by atoms with Crippen molar-refractivity contribution in [2.24, 2.45) is 5.92 Å². The molecule has 1 N–H and O–H groups in total. The first-order chi connectivity index (χ1) is 23.7. The molecule has 3 saturated heterocycles. The van der Waals surface area contributed by atoms with E-state index < -0.39 is 16.1 Å². The SMILES string of the molecule is COc1ccc(C2CCCCC2)c2c1cc1n2CC2=C(C(=O)NS(=O)(=O)N3CCOCC3)C2=C2C=CC[C@@H](C(=O)N3C4CC3CN(C)C4)C21. The molecule has 12 heteroatoms. The molecule has 4 aliphatic heterocycles. The quantitative estimate of drug-likeness (QED) is 0.494. The molecule has 7 aliphatic rings. The van der Waals surface area contributed by atoms with Crippen molar-refractivity contribution < 1.29 is 27.5 Å². The van der Waals surface area contributed by atoms with Gasteiger partial charge in [0.1, 0.15) is 5.75 Å². The van der Waals surface area contributed by atoms with Crippen LogP contribution in [-0.4, -0.2) is 105 Å². The van der Waals surface area contributed by atoms with Crippen molar-refractivity contribution in [2.45, 2.75) is 75.4 Å². The molecule has 11 nitrogen and oxygen atoms in total. The summed E-state index contributed by atoms with van der Waals surface area (Å²) in [5, 5.41) is 1.04. The van der Waals surface area contributed by atoms with Crippen LogP contribution in [0.5, 0.6) is 5.75 Å². The molecule has 49 heavy (non-hydrogen) atoms. The zero-order valence-electron chi connectivity index (χ0n) is 28.3. The zero-order valence-corrected chi connectivity index (χ0v) is 29.1. The molecule has 260 valence electrons. The van der Waals surface area contributed by atoms with Gasteiger partial charge in [-0.25, -0.2) is 4.72 Å². The average molecular weight is 688 g/mol. The Labute approximate surface area is 287 Å². The van der Waals surface area contributed by atoms with Gasteiger partial charge in [-0.1, -0.05) is 37.5 Å². The Bertz CT molecular complexity index is 1940. The lowest BCUT2D eigenvalue weighted by molar-refractivity contribution is -0.158. The first-order valence-electron chi connectivity index (χ1n) is 18.0. The Morgan fingerprint density at radius 2 is 1.80 bits per heavy atom. The van der Waals surface area contributed by atoms with Crippen LogP contribution < -0.4 is 9.46 Å². The number of amides is 2. The summed E-state index contributed by atoms with van der Waals surface area (Å²) in [5.74, 6) is 0.205. The van der Waals surface area contributed by atoms with E-state index in [0.29, 0.717) is 37.7 Å². The van der Waals surface area contributed by atoms with Crippen LogP contribution in [0.3, 0.4) is 0 Å². The molecule has 2 amide bonds. The van der Waals surface area contributed by atoms with Gasteiger partial charge in [0, 0.05) is 61.8 Å². The van der Waals surface area contributed by atoms with E-state index in [1.807, 2.05) is 0 Å². The molecule has 4 fully saturated rings. The van der Waals surface area contributed by atoms with Gasteiger partial charge < -0.3 is 23.8 Å². The molecule has 2 aromatic rings. The summed E-state index contributed by atoms with van der Waals surface area (Å²) in [7, 11) is -0.206. The number of hydrogen-bond acceptors (Lipinski definition) is 7. The molecule has 1 saturated carbocycles. The number of likely N-dealkylation sites (tertiary alicyclic amines) is 2. The minimum atomic E-state index is -4.04. The number of carbonyl (C=O) groups is 2. The highest BCUT2D eigenvalue weighted by molar-refractivity contribution is 7.87. The van der Waals surface area contributed by atoms with E-state index >= 15 is 0 Å². The number of morpholine rings is 1. The molecular formula is C37H45N5O6S. The fraction of sp³-hybridized carbons (Fsp3) is 0.568. The molecule has 5 heterocycles. The van der Waals surface area contributed by atoms with Crippen LogP contribution in [0.1, 0.15) is 68.0 Å². The lowest BCUT2D eigenvalue weighted by Gasteiger charge is -2.57. The predicted octanol–water partition coefficient (Wildman–Crippen LogP) is 3.59. The summed E-state index contributed by atoms with van der Waals surface area (Å²) >= 11 is 0. The predicted molar refractivity (Wildman–Crippen MR) is 184 cm³/mol. The molecule has 0 spiro atoms. The Hall–Kier alpha value is -3.45. The molecule has 3 unspecified atom stereocenters. The molecule has 1 aromatic carbocycles. The van der Waals surface area contributed by atoms with Gasteiger partial charge in [0.05, 0.1) is 37.3 Å². The van der Waals surface area contributed by atoms with Crippen LogP contribution in [0.4, 0.5) is 0 Å². The van der Waals surface area contributed by atoms with E-state index in [0.717, 1.165) is 71.4 Å². The average Bonchev–Trinajstić information content (AvgIpc) is 3.74. The van der Waals surface area contributed by atoms with Gasteiger partial charge >= 0.3 is 10.2 Å². The molecule has 4 atom stereocenters. The maximum absolute atomic E-state index is 14.7. The highest BCUT2D eigenvalue weighted by atomic mass is 32.2. The number of piperazine rings is 1. The smallest absolute Gasteiger partial charge is 0.304 e. The third-order valence-electron chi connectivity index (χ3n) is 12.2. The maximum Gasteiger partial charge on any atom is 0.304 e.